The van der Waals surface area contributed by atoms with Crippen molar-refractivity contribution in [2.24, 2.45) is 5.92 Å². The second kappa shape index (κ2) is 10.3. The van der Waals surface area contributed by atoms with E-state index in [2.05, 4.69) is 17.0 Å². The molecule has 0 heterocycles. The van der Waals surface area contributed by atoms with Crippen molar-refractivity contribution < 1.29 is 17.9 Å². The van der Waals surface area contributed by atoms with Gasteiger partial charge in [-0.2, -0.15) is 0 Å². The summed E-state index contributed by atoms with van der Waals surface area (Å²) in [6.45, 7) is 3.15. The van der Waals surface area contributed by atoms with E-state index in [9.17, 15) is 13.2 Å². The molecule has 2 unspecified atom stereocenters. The van der Waals surface area contributed by atoms with E-state index in [-0.39, 0.29) is 29.9 Å². The van der Waals surface area contributed by atoms with Gasteiger partial charge in [-0.25, -0.2) is 13.1 Å². The van der Waals surface area contributed by atoms with Crippen molar-refractivity contribution >= 4 is 27.5 Å². The predicted molar refractivity (Wildman–Crippen MR) is 102 cm³/mol. The van der Waals surface area contributed by atoms with Crippen LogP contribution in [0.15, 0.2) is 29.2 Å². The monoisotopic (exact) mass is 402 g/mol. The molecular weight excluding hydrogens is 376 g/mol. The number of hydrogen-bond donors (Lipinski definition) is 2. The van der Waals surface area contributed by atoms with Crippen LogP contribution in [0.5, 0.6) is 0 Å². The van der Waals surface area contributed by atoms with Crippen molar-refractivity contribution in [3.63, 3.8) is 0 Å². The normalized spacial score (nSPS) is 20.7. The molecule has 2 N–H and O–H groups in total. The largest absolute Gasteiger partial charge is 0.376 e. The number of sulfonamides is 1. The van der Waals surface area contributed by atoms with Crippen LogP contribution in [0.3, 0.4) is 0 Å². The van der Waals surface area contributed by atoms with Crippen LogP contribution in [0.1, 0.15) is 39.0 Å². The Morgan fingerprint density at radius 2 is 2.04 bits per heavy atom. The molecule has 0 bridgehead atoms. The Morgan fingerprint density at radius 1 is 1.27 bits per heavy atom. The van der Waals surface area contributed by atoms with Gasteiger partial charge in [0.05, 0.1) is 17.6 Å². The molecule has 1 saturated carbocycles. The second-order valence-corrected chi connectivity index (χ2v) is 8.83. The van der Waals surface area contributed by atoms with Crippen LogP contribution >= 0.6 is 11.6 Å². The third-order valence-electron chi connectivity index (χ3n) is 4.54. The molecule has 1 amide bonds. The molecule has 1 aliphatic rings. The highest BCUT2D eigenvalue weighted by molar-refractivity contribution is 7.89. The van der Waals surface area contributed by atoms with Crippen molar-refractivity contribution in [2.45, 2.75) is 50.0 Å². The number of carbonyl (C=O) groups is 1. The highest BCUT2D eigenvalue weighted by Crippen LogP contribution is 2.25. The zero-order chi connectivity index (χ0) is 19.0. The number of amides is 1. The highest BCUT2D eigenvalue weighted by Gasteiger charge is 2.21. The van der Waals surface area contributed by atoms with Gasteiger partial charge < -0.3 is 10.1 Å². The number of benzene rings is 1. The third kappa shape index (κ3) is 6.87. The molecular formula is C18H27ClN2O4S. The summed E-state index contributed by atoms with van der Waals surface area (Å²) < 4.78 is 32.5. The fourth-order valence-electron chi connectivity index (χ4n) is 3.04. The van der Waals surface area contributed by atoms with E-state index in [1.54, 1.807) is 12.1 Å². The van der Waals surface area contributed by atoms with Crippen LogP contribution in [-0.4, -0.2) is 40.1 Å². The summed E-state index contributed by atoms with van der Waals surface area (Å²) in [4.78, 5) is 11.9. The quantitative estimate of drug-likeness (QED) is 0.622. The topological polar surface area (TPSA) is 84.5 Å². The molecule has 0 aliphatic heterocycles. The van der Waals surface area contributed by atoms with E-state index in [1.807, 2.05) is 0 Å². The van der Waals surface area contributed by atoms with Crippen LogP contribution in [0.25, 0.3) is 0 Å². The molecule has 1 aromatic carbocycles. The van der Waals surface area contributed by atoms with Gasteiger partial charge in [0.25, 0.3) is 0 Å². The van der Waals surface area contributed by atoms with Crippen molar-refractivity contribution in [1.82, 2.24) is 10.0 Å². The smallest absolute Gasteiger partial charge is 0.240 e. The van der Waals surface area contributed by atoms with Crippen molar-refractivity contribution in [3.8, 4) is 0 Å². The number of hydrogen-bond acceptors (Lipinski definition) is 4. The van der Waals surface area contributed by atoms with E-state index in [4.69, 9.17) is 16.3 Å². The fourth-order valence-corrected chi connectivity index (χ4v) is 4.37. The van der Waals surface area contributed by atoms with Gasteiger partial charge >= 0.3 is 0 Å². The second-order valence-electron chi connectivity index (χ2n) is 6.63. The zero-order valence-electron chi connectivity index (χ0n) is 15.0. The van der Waals surface area contributed by atoms with Crippen LogP contribution in [-0.2, 0) is 19.6 Å². The van der Waals surface area contributed by atoms with E-state index in [0.717, 1.165) is 6.42 Å². The van der Waals surface area contributed by atoms with Crippen LogP contribution in [0.4, 0.5) is 0 Å². The van der Waals surface area contributed by atoms with Crippen LogP contribution in [0, 0.1) is 5.92 Å². The lowest BCUT2D eigenvalue weighted by atomic mass is 9.88. The first-order valence-corrected chi connectivity index (χ1v) is 10.9. The first kappa shape index (κ1) is 21.2. The van der Waals surface area contributed by atoms with Crippen molar-refractivity contribution in [2.75, 3.05) is 19.7 Å². The first-order valence-electron chi connectivity index (χ1n) is 9.02. The Kier molecular flexibility index (Phi) is 8.34. The van der Waals surface area contributed by atoms with Crippen molar-refractivity contribution in [3.05, 3.63) is 29.3 Å². The molecule has 0 spiro atoms. The Labute approximate surface area is 160 Å². The summed E-state index contributed by atoms with van der Waals surface area (Å²) in [6, 6.07) is 5.99. The lowest BCUT2D eigenvalue weighted by Gasteiger charge is -2.28. The maximum Gasteiger partial charge on any atom is 0.240 e. The highest BCUT2D eigenvalue weighted by atomic mass is 35.5. The number of rotatable bonds is 9. The lowest BCUT2D eigenvalue weighted by molar-refractivity contribution is -0.121. The van der Waals surface area contributed by atoms with Gasteiger partial charge in [0, 0.05) is 24.5 Å². The number of nitrogens with one attached hydrogen (secondary N) is 2. The fraction of sp³-hybridized carbons (Fsp3) is 0.611. The number of halogens is 1. The summed E-state index contributed by atoms with van der Waals surface area (Å²) in [5.74, 6) is 0.361. The Balaban J connectivity index is 1.62. The summed E-state index contributed by atoms with van der Waals surface area (Å²) in [5, 5.41) is 3.10. The summed E-state index contributed by atoms with van der Waals surface area (Å²) in [7, 11) is -3.66. The molecule has 1 aromatic rings. The molecule has 1 fully saturated rings. The molecule has 0 radical (unpaired) electrons. The lowest BCUT2D eigenvalue weighted by Crippen LogP contribution is -2.34. The predicted octanol–water partition coefficient (Wildman–Crippen LogP) is 2.72. The Morgan fingerprint density at radius 3 is 2.77 bits per heavy atom. The van der Waals surface area contributed by atoms with E-state index >= 15 is 0 Å². The van der Waals surface area contributed by atoms with Gasteiger partial charge in [-0.15, -0.1) is 0 Å². The first-order chi connectivity index (χ1) is 12.4. The van der Waals surface area contributed by atoms with Crippen LogP contribution < -0.4 is 10.0 Å². The maximum atomic E-state index is 12.1. The van der Waals surface area contributed by atoms with E-state index in [1.165, 1.54) is 31.4 Å². The minimum absolute atomic E-state index is 0.0290. The maximum absolute atomic E-state index is 12.1. The molecule has 2 atom stereocenters. The summed E-state index contributed by atoms with van der Waals surface area (Å²) in [5.41, 5.74) is 0. The molecule has 1 aliphatic carbocycles. The minimum Gasteiger partial charge on any atom is -0.376 e. The number of carbonyl (C=O) groups excluding carboxylic acids is 1. The van der Waals surface area contributed by atoms with E-state index < -0.39 is 10.0 Å². The van der Waals surface area contributed by atoms with Gasteiger partial charge in [-0.3, -0.25) is 4.79 Å². The molecule has 0 saturated heterocycles. The number of ether oxygens (including phenoxy) is 1. The van der Waals surface area contributed by atoms with Gasteiger partial charge in [0.15, 0.2) is 0 Å². The Hall–Kier alpha value is -1.15. The van der Waals surface area contributed by atoms with Gasteiger partial charge in [0.2, 0.25) is 15.9 Å². The van der Waals surface area contributed by atoms with Gasteiger partial charge in [0.1, 0.15) is 0 Å². The minimum atomic E-state index is -3.66. The zero-order valence-corrected chi connectivity index (χ0v) is 16.6. The van der Waals surface area contributed by atoms with E-state index in [0.29, 0.717) is 24.1 Å². The third-order valence-corrected chi connectivity index (χ3v) is 6.23. The van der Waals surface area contributed by atoms with Gasteiger partial charge in [-0.1, -0.05) is 37.4 Å². The summed E-state index contributed by atoms with van der Waals surface area (Å²) >= 11 is 5.80. The average Bonchev–Trinajstić information content (AvgIpc) is 2.60. The molecule has 2 rings (SSSR count). The molecule has 26 heavy (non-hydrogen) atoms. The Bertz CT molecular complexity index is 696. The average molecular weight is 403 g/mol. The van der Waals surface area contributed by atoms with Crippen molar-refractivity contribution in [1.29, 1.82) is 0 Å². The molecule has 6 nitrogen and oxygen atoms in total. The van der Waals surface area contributed by atoms with Gasteiger partial charge in [-0.05, 0) is 37.0 Å². The molecule has 0 aromatic heterocycles. The molecule has 8 heteroatoms. The SMILES string of the molecule is CC1CCCCC1OCCNC(=O)CCNS(=O)(=O)c1cccc(Cl)c1. The standard InChI is InChI=1S/C18H27ClN2O4S/c1-14-5-2-3-8-17(14)25-12-11-20-18(22)9-10-21-26(23,24)16-7-4-6-15(19)13-16/h4,6-7,13-14,17,21H,2-3,5,8-12H2,1H3,(H,20,22). The van der Waals surface area contributed by atoms with Crippen LogP contribution in [0.2, 0.25) is 5.02 Å². The summed E-state index contributed by atoms with van der Waals surface area (Å²) in [6.07, 6.45) is 5.10. The molecule has 146 valence electrons.